The SMILES string of the molecule is Cc1c(Cl)cnn1Cc1ccc(CN)cc1. The minimum Gasteiger partial charge on any atom is -0.326 e. The van der Waals surface area contributed by atoms with E-state index in [-0.39, 0.29) is 0 Å². The molecule has 3 nitrogen and oxygen atoms in total. The molecule has 0 atom stereocenters. The summed E-state index contributed by atoms with van der Waals surface area (Å²) in [6.07, 6.45) is 1.67. The summed E-state index contributed by atoms with van der Waals surface area (Å²) in [7, 11) is 0. The molecular formula is C12H14ClN3. The van der Waals surface area contributed by atoms with E-state index in [9.17, 15) is 0 Å². The zero-order chi connectivity index (χ0) is 11.5. The molecule has 0 amide bonds. The lowest BCUT2D eigenvalue weighted by atomic mass is 10.1. The smallest absolute Gasteiger partial charge is 0.0815 e. The van der Waals surface area contributed by atoms with Crippen LogP contribution in [-0.4, -0.2) is 9.78 Å². The first-order valence-corrected chi connectivity index (χ1v) is 5.54. The van der Waals surface area contributed by atoms with Crippen molar-refractivity contribution in [1.29, 1.82) is 0 Å². The van der Waals surface area contributed by atoms with Gasteiger partial charge in [-0.2, -0.15) is 5.10 Å². The lowest BCUT2D eigenvalue weighted by Gasteiger charge is -2.05. The molecule has 0 spiro atoms. The summed E-state index contributed by atoms with van der Waals surface area (Å²) in [5, 5.41) is 4.92. The highest BCUT2D eigenvalue weighted by molar-refractivity contribution is 6.31. The average molecular weight is 236 g/mol. The molecule has 0 fully saturated rings. The van der Waals surface area contributed by atoms with Crippen LogP contribution in [0.1, 0.15) is 16.8 Å². The first-order chi connectivity index (χ1) is 7.70. The largest absolute Gasteiger partial charge is 0.326 e. The van der Waals surface area contributed by atoms with Crippen molar-refractivity contribution >= 4 is 11.6 Å². The summed E-state index contributed by atoms with van der Waals surface area (Å²) in [5.74, 6) is 0. The Hall–Kier alpha value is -1.32. The second-order valence-corrected chi connectivity index (χ2v) is 4.16. The molecule has 2 rings (SSSR count). The fourth-order valence-corrected chi connectivity index (χ4v) is 1.68. The molecule has 1 heterocycles. The van der Waals surface area contributed by atoms with E-state index in [1.807, 2.05) is 23.7 Å². The minimum absolute atomic E-state index is 0.576. The number of nitrogens with zero attached hydrogens (tertiary/aromatic N) is 2. The maximum atomic E-state index is 5.94. The van der Waals surface area contributed by atoms with Gasteiger partial charge in [0.1, 0.15) is 0 Å². The van der Waals surface area contributed by atoms with E-state index in [0.29, 0.717) is 11.6 Å². The Bertz CT molecular complexity index is 474. The van der Waals surface area contributed by atoms with Crippen molar-refractivity contribution in [2.24, 2.45) is 5.73 Å². The molecule has 0 saturated heterocycles. The zero-order valence-electron chi connectivity index (χ0n) is 9.15. The van der Waals surface area contributed by atoms with Crippen molar-refractivity contribution in [1.82, 2.24) is 9.78 Å². The quantitative estimate of drug-likeness (QED) is 0.888. The van der Waals surface area contributed by atoms with Gasteiger partial charge in [-0.05, 0) is 18.1 Å². The van der Waals surface area contributed by atoms with Gasteiger partial charge in [-0.1, -0.05) is 35.9 Å². The van der Waals surface area contributed by atoms with E-state index >= 15 is 0 Å². The van der Waals surface area contributed by atoms with E-state index in [0.717, 1.165) is 17.8 Å². The fourth-order valence-electron chi connectivity index (χ4n) is 1.54. The number of benzene rings is 1. The molecule has 0 radical (unpaired) electrons. The third-order valence-electron chi connectivity index (χ3n) is 2.63. The zero-order valence-corrected chi connectivity index (χ0v) is 9.91. The van der Waals surface area contributed by atoms with Gasteiger partial charge < -0.3 is 5.73 Å². The summed E-state index contributed by atoms with van der Waals surface area (Å²) in [6, 6.07) is 8.21. The van der Waals surface area contributed by atoms with Gasteiger partial charge in [-0.15, -0.1) is 0 Å². The number of aromatic nitrogens is 2. The Morgan fingerprint density at radius 2 is 1.88 bits per heavy atom. The van der Waals surface area contributed by atoms with Crippen LogP contribution in [0, 0.1) is 6.92 Å². The number of nitrogens with two attached hydrogens (primary N) is 1. The van der Waals surface area contributed by atoms with Crippen molar-refractivity contribution in [3.63, 3.8) is 0 Å². The van der Waals surface area contributed by atoms with Gasteiger partial charge in [0.2, 0.25) is 0 Å². The highest BCUT2D eigenvalue weighted by atomic mass is 35.5. The second-order valence-electron chi connectivity index (χ2n) is 3.76. The van der Waals surface area contributed by atoms with Crippen LogP contribution in [0.2, 0.25) is 5.02 Å². The molecule has 84 valence electrons. The molecule has 0 aliphatic carbocycles. The summed E-state index contributed by atoms with van der Waals surface area (Å²) >= 11 is 5.94. The highest BCUT2D eigenvalue weighted by Gasteiger charge is 2.04. The Kier molecular flexibility index (Phi) is 3.27. The Morgan fingerprint density at radius 1 is 1.25 bits per heavy atom. The van der Waals surface area contributed by atoms with Crippen LogP contribution in [0.4, 0.5) is 0 Å². The van der Waals surface area contributed by atoms with Crippen LogP contribution < -0.4 is 5.73 Å². The standard InChI is InChI=1S/C12H14ClN3/c1-9-12(13)7-15-16(9)8-11-4-2-10(6-14)3-5-11/h2-5,7H,6,8,14H2,1H3. The lowest BCUT2D eigenvalue weighted by Crippen LogP contribution is -2.04. The van der Waals surface area contributed by atoms with Gasteiger partial charge in [-0.3, -0.25) is 4.68 Å². The van der Waals surface area contributed by atoms with E-state index in [1.165, 1.54) is 5.56 Å². The maximum absolute atomic E-state index is 5.94. The summed E-state index contributed by atoms with van der Waals surface area (Å²) in [4.78, 5) is 0. The third-order valence-corrected chi connectivity index (χ3v) is 3.01. The molecule has 0 saturated carbocycles. The number of halogens is 1. The average Bonchev–Trinajstić information content (AvgIpc) is 2.62. The van der Waals surface area contributed by atoms with Gasteiger partial charge in [0.25, 0.3) is 0 Å². The highest BCUT2D eigenvalue weighted by Crippen LogP contribution is 2.15. The number of hydrogen-bond acceptors (Lipinski definition) is 2. The first kappa shape index (κ1) is 11.2. The first-order valence-electron chi connectivity index (χ1n) is 5.16. The molecule has 16 heavy (non-hydrogen) atoms. The molecule has 4 heteroatoms. The van der Waals surface area contributed by atoms with E-state index in [1.54, 1.807) is 6.20 Å². The molecule has 0 aliphatic heterocycles. The van der Waals surface area contributed by atoms with Crippen LogP contribution in [0.3, 0.4) is 0 Å². The van der Waals surface area contributed by atoms with Crippen molar-refractivity contribution in [2.75, 3.05) is 0 Å². The fraction of sp³-hybridized carbons (Fsp3) is 0.250. The van der Waals surface area contributed by atoms with E-state index < -0.39 is 0 Å². The molecule has 0 unspecified atom stereocenters. The summed E-state index contributed by atoms with van der Waals surface area (Å²) in [5.41, 5.74) is 8.87. The van der Waals surface area contributed by atoms with E-state index in [4.69, 9.17) is 17.3 Å². The molecule has 2 N–H and O–H groups in total. The molecule has 1 aromatic heterocycles. The van der Waals surface area contributed by atoms with Crippen LogP contribution >= 0.6 is 11.6 Å². The summed E-state index contributed by atoms with van der Waals surface area (Å²) in [6.45, 7) is 3.28. The molecular weight excluding hydrogens is 222 g/mol. The third kappa shape index (κ3) is 2.26. The summed E-state index contributed by atoms with van der Waals surface area (Å²) < 4.78 is 1.89. The number of rotatable bonds is 3. The Labute approximate surface area is 99.8 Å². The Morgan fingerprint density at radius 3 is 2.38 bits per heavy atom. The van der Waals surface area contributed by atoms with Crippen molar-refractivity contribution in [3.8, 4) is 0 Å². The topological polar surface area (TPSA) is 43.8 Å². The molecule has 2 aromatic rings. The van der Waals surface area contributed by atoms with Crippen molar-refractivity contribution < 1.29 is 0 Å². The van der Waals surface area contributed by atoms with Gasteiger partial charge in [-0.25, -0.2) is 0 Å². The maximum Gasteiger partial charge on any atom is 0.0815 e. The van der Waals surface area contributed by atoms with Gasteiger partial charge >= 0.3 is 0 Å². The van der Waals surface area contributed by atoms with Crippen molar-refractivity contribution in [3.05, 3.63) is 52.3 Å². The predicted octanol–water partition coefficient (Wildman–Crippen LogP) is 2.35. The van der Waals surface area contributed by atoms with Crippen LogP contribution in [0.15, 0.2) is 30.5 Å². The molecule has 0 bridgehead atoms. The normalized spacial score (nSPS) is 10.7. The predicted molar refractivity (Wildman–Crippen MR) is 65.4 cm³/mol. The van der Waals surface area contributed by atoms with E-state index in [2.05, 4.69) is 17.2 Å². The minimum atomic E-state index is 0.576. The van der Waals surface area contributed by atoms with Gasteiger partial charge in [0.05, 0.1) is 23.5 Å². The number of hydrogen-bond donors (Lipinski definition) is 1. The second kappa shape index (κ2) is 4.68. The van der Waals surface area contributed by atoms with Crippen molar-refractivity contribution in [2.45, 2.75) is 20.0 Å². The lowest BCUT2D eigenvalue weighted by molar-refractivity contribution is 0.665. The molecule has 1 aromatic carbocycles. The molecule has 0 aliphatic rings. The Balaban J connectivity index is 2.17. The monoisotopic (exact) mass is 235 g/mol. The van der Waals surface area contributed by atoms with Crippen LogP contribution in [0.25, 0.3) is 0 Å². The van der Waals surface area contributed by atoms with Gasteiger partial charge in [0, 0.05) is 6.54 Å². The van der Waals surface area contributed by atoms with Crippen LogP contribution in [0.5, 0.6) is 0 Å². The van der Waals surface area contributed by atoms with Gasteiger partial charge in [0.15, 0.2) is 0 Å². The van der Waals surface area contributed by atoms with Crippen LogP contribution in [-0.2, 0) is 13.1 Å².